The van der Waals surface area contributed by atoms with Gasteiger partial charge in [-0.3, -0.25) is 9.79 Å². The fourth-order valence-electron chi connectivity index (χ4n) is 0.972. The van der Waals surface area contributed by atoms with Crippen LogP contribution in [-0.2, 0) is 4.79 Å². The highest BCUT2D eigenvalue weighted by molar-refractivity contribution is 6.43. The predicted octanol–water partition coefficient (Wildman–Crippen LogP) is 0.522. The van der Waals surface area contributed by atoms with Crippen molar-refractivity contribution in [2.24, 2.45) is 4.99 Å². The molecule has 3 heteroatoms. The Morgan fingerprint density at radius 1 is 1.82 bits per heavy atom. The molecule has 1 unspecified atom stereocenters. The second kappa shape index (κ2) is 3.32. The van der Waals surface area contributed by atoms with E-state index in [2.05, 4.69) is 10.3 Å². The van der Waals surface area contributed by atoms with Gasteiger partial charge in [-0.25, -0.2) is 0 Å². The molecular weight excluding hydrogens is 140 g/mol. The maximum absolute atomic E-state index is 11.0. The Balaban J connectivity index is 2.71. The lowest BCUT2D eigenvalue weighted by molar-refractivity contribution is -0.114. The molecule has 1 N–H and O–H groups in total. The standard InChI is InChI=1S/C8H12N2O/c1-6-4-3-5-7(10-6)8(11)9-2/h3,5-6H,4H2,1-2H3,(H,9,11). The number of amides is 1. The molecule has 0 saturated carbocycles. The lowest BCUT2D eigenvalue weighted by atomic mass is 10.1. The zero-order valence-electron chi connectivity index (χ0n) is 6.79. The van der Waals surface area contributed by atoms with Gasteiger partial charge in [0.1, 0.15) is 5.71 Å². The molecule has 0 aromatic rings. The van der Waals surface area contributed by atoms with Crippen molar-refractivity contribution in [3.63, 3.8) is 0 Å². The number of hydrogen-bond acceptors (Lipinski definition) is 2. The molecule has 3 nitrogen and oxygen atoms in total. The average molecular weight is 152 g/mol. The summed E-state index contributed by atoms with van der Waals surface area (Å²) in [6, 6.07) is 0.243. The number of nitrogens with one attached hydrogen (secondary N) is 1. The maximum Gasteiger partial charge on any atom is 0.269 e. The number of carbonyl (C=O) groups excluding carboxylic acids is 1. The van der Waals surface area contributed by atoms with Crippen molar-refractivity contribution < 1.29 is 4.79 Å². The highest BCUT2D eigenvalue weighted by atomic mass is 16.1. The van der Waals surface area contributed by atoms with Crippen LogP contribution in [0.3, 0.4) is 0 Å². The minimum absolute atomic E-state index is 0.104. The summed E-state index contributed by atoms with van der Waals surface area (Å²) in [6.07, 6.45) is 4.67. The Morgan fingerprint density at radius 3 is 3.09 bits per heavy atom. The topological polar surface area (TPSA) is 41.5 Å². The Labute approximate surface area is 66.2 Å². The molecule has 60 valence electrons. The third-order valence-corrected chi connectivity index (χ3v) is 1.57. The summed E-state index contributed by atoms with van der Waals surface area (Å²) in [6.45, 7) is 1.99. The first-order valence-corrected chi connectivity index (χ1v) is 3.70. The molecule has 0 saturated heterocycles. The van der Waals surface area contributed by atoms with Crippen LogP contribution in [-0.4, -0.2) is 24.7 Å². The Kier molecular flexibility index (Phi) is 2.41. The van der Waals surface area contributed by atoms with Gasteiger partial charge in [0.15, 0.2) is 0 Å². The average Bonchev–Trinajstić information content (AvgIpc) is 2.03. The van der Waals surface area contributed by atoms with Crippen molar-refractivity contribution in [3.05, 3.63) is 12.2 Å². The van der Waals surface area contributed by atoms with Crippen molar-refractivity contribution >= 4 is 11.6 Å². The molecule has 1 aliphatic heterocycles. The van der Waals surface area contributed by atoms with Crippen LogP contribution in [0.25, 0.3) is 0 Å². The van der Waals surface area contributed by atoms with E-state index in [9.17, 15) is 4.79 Å². The number of aliphatic imine (C=N–C) groups is 1. The molecule has 0 aromatic heterocycles. The molecule has 11 heavy (non-hydrogen) atoms. The second-order valence-corrected chi connectivity index (χ2v) is 2.58. The van der Waals surface area contributed by atoms with E-state index in [4.69, 9.17) is 0 Å². The highest BCUT2D eigenvalue weighted by Crippen LogP contribution is 2.05. The fraction of sp³-hybridized carbons (Fsp3) is 0.500. The number of dihydropyridines is 1. The molecule has 0 aliphatic carbocycles. The summed E-state index contributed by atoms with van der Waals surface area (Å²) in [7, 11) is 1.61. The normalized spacial score (nSPS) is 22.7. The van der Waals surface area contributed by atoms with E-state index in [1.807, 2.05) is 13.0 Å². The maximum atomic E-state index is 11.0. The van der Waals surface area contributed by atoms with Crippen molar-refractivity contribution in [2.75, 3.05) is 7.05 Å². The molecule has 1 heterocycles. The summed E-state index contributed by atoms with van der Waals surface area (Å²) in [4.78, 5) is 15.2. The van der Waals surface area contributed by atoms with Gasteiger partial charge in [0.25, 0.3) is 5.91 Å². The van der Waals surface area contributed by atoms with Gasteiger partial charge in [0, 0.05) is 7.05 Å². The third kappa shape index (κ3) is 1.90. The molecule has 0 spiro atoms. The van der Waals surface area contributed by atoms with Crippen LogP contribution in [0.1, 0.15) is 13.3 Å². The first kappa shape index (κ1) is 7.98. The van der Waals surface area contributed by atoms with Gasteiger partial charge in [0.05, 0.1) is 6.04 Å². The van der Waals surface area contributed by atoms with Gasteiger partial charge < -0.3 is 5.32 Å². The van der Waals surface area contributed by atoms with Gasteiger partial charge >= 0.3 is 0 Å². The first-order valence-electron chi connectivity index (χ1n) is 3.70. The highest BCUT2D eigenvalue weighted by Gasteiger charge is 2.10. The van der Waals surface area contributed by atoms with Gasteiger partial charge in [0.2, 0.25) is 0 Å². The van der Waals surface area contributed by atoms with Crippen LogP contribution in [0.4, 0.5) is 0 Å². The summed E-state index contributed by atoms with van der Waals surface area (Å²) in [5.74, 6) is -0.104. The van der Waals surface area contributed by atoms with Crippen molar-refractivity contribution in [3.8, 4) is 0 Å². The summed E-state index contributed by atoms with van der Waals surface area (Å²) in [5.41, 5.74) is 0.534. The van der Waals surface area contributed by atoms with E-state index in [0.29, 0.717) is 5.71 Å². The van der Waals surface area contributed by atoms with Crippen molar-refractivity contribution in [1.29, 1.82) is 0 Å². The molecule has 0 aromatic carbocycles. The minimum Gasteiger partial charge on any atom is -0.354 e. The molecule has 1 rings (SSSR count). The van der Waals surface area contributed by atoms with Gasteiger partial charge in [-0.2, -0.15) is 0 Å². The van der Waals surface area contributed by atoms with Crippen LogP contribution < -0.4 is 5.32 Å². The summed E-state index contributed by atoms with van der Waals surface area (Å²) >= 11 is 0. The van der Waals surface area contributed by atoms with Crippen LogP contribution in [0.2, 0.25) is 0 Å². The number of hydrogen-bond donors (Lipinski definition) is 1. The summed E-state index contributed by atoms with van der Waals surface area (Å²) < 4.78 is 0. The Hall–Kier alpha value is -1.12. The molecule has 1 atom stereocenters. The van der Waals surface area contributed by atoms with E-state index in [-0.39, 0.29) is 11.9 Å². The molecule has 1 amide bonds. The zero-order valence-corrected chi connectivity index (χ0v) is 6.79. The largest absolute Gasteiger partial charge is 0.354 e. The molecule has 0 bridgehead atoms. The van der Waals surface area contributed by atoms with Crippen molar-refractivity contribution in [1.82, 2.24) is 5.32 Å². The van der Waals surface area contributed by atoms with E-state index >= 15 is 0 Å². The van der Waals surface area contributed by atoms with Gasteiger partial charge in [-0.05, 0) is 19.4 Å². The molecule has 1 aliphatic rings. The van der Waals surface area contributed by atoms with E-state index in [0.717, 1.165) is 6.42 Å². The summed E-state index contributed by atoms with van der Waals surface area (Å²) in [5, 5.41) is 2.53. The van der Waals surface area contributed by atoms with Gasteiger partial charge in [-0.15, -0.1) is 0 Å². The van der Waals surface area contributed by atoms with E-state index in [1.165, 1.54) is 0 Å². The molecule has 0 fully saturated rings. The first-order chi connectivity index (χ1) is 5.24. The van der Waals surface area contributed by atoms with E-state index in [1.54, 1.807) is 13.1 Å². The van der Waals surface area contributed by atoms with Crippen LogP contribution in [0.15, 0.2) is 17.1 Å². The molecule has 0 radical (unpaired) electrons. The fourth-order valence-corrected chi connectivity index (χ4v) is 0.972. The smallest absolute Gasteiger partial charge is 0.269 e. The van der Waals surface area contributed by atoms with Crippen LogP contribution >= 0.6 is 0 Å². The third-order valence-electron chi connectivity index (χ3n) is 1.57. The van der Waals surface area contributed by atoms with Gasteiger partial charge in [-0.1, -0.05) is 6.08 Å². The zero-order chi connectivity index (χ0) is 8.27. The Morgan fingerprint density at radius 2 is 2.55 bits per heavy atom. The predicted molar refractivity (Wildman–Crippen MR) is 44.7 cm³/mol. The van der Waals surface area contributed by atoms with Crippen molar-refractivity contribution in [2.45, 2.75) is 19.4 Å². The minimum atomic E-state index is -0.104. The molecular formula is C8H12N2O. The Bertz CT molecular complexity index is 218. The lowest BCUT2D eigenvalue weighted by Crippen LogP contribution is -2.28. The number of carbonyl (C=O) groups is 1. The van der Waals surface area contributed by atoms with Crippen LogP contribution in [0.5, 0.6) is 0 Å². The SMILES string of the molecule is CNC(=O)C1=NC(C)CC=C1. The number of rotatable bonds is 1. The lowest BCUT2D eigenvalue weighted by Gasteiger charge is -2.09. The quantitative estimate of drug-likeness (QED) is 0.584. The number of nitrogens with zero attached hydrogens (tertiary/aromatic N) is 1. The monoisotopic (exact) mass is 152 g/mol. The van der Waals surface area contributed by atoms with E-state index < -0.39 is 0 Å². The second-order valence-electron chi connectivity index (χ2n) is 2.58. The van der Waals surface area contributed by atoms with Crippen LogP contribution in [0, 0.1) is 0 Å².